The first-order chi connectivity index (χ1) is 12.0. The van der Waals surface area contributed by atoms with Crippen molar-refractivity contribution in [3.8, 4) is 11.5 Å². The van der Waals surface area contributed by atoms with Gasteiger partial charge in [0.2, 0.25) is 0 Å². The predicted molar refractivity (Wildman–Crippen MR) is 98.5 cm³/mol. The third-order valence-electron chi connectivity index (χ3n) is 3.44. The Hall–Kier alpha value is -2.44. The third kappa shape index (κ3) is 3.81. The molecule has 1 heterocycles. The zero-order chi connectivity index (χ0) is 18.6. The number of hydrogen-bond acceptors (Lipinski definition) is 6. The maximum atomic E-state index is 11.3. The number of anilines is 1. The first-order valence-electron chi connectivity index (χ1n) is 7.03. The molecule has 1 aromatic heterocycles. The maximum Gasteiger partial charge on any atom is 0.150 e. The summed E-state index contributed by atoms with van der Waals surface area (Å²) in [4.78, 5) is 15.3. The van der Waals surface area contributed by atoms with E-state index in [0.29, 0.717) is 40.2 Å². The minimum Gasteiger partial charge on any atom is -0.496 e. The monoisotopic (exact) mass is 382 g/mol. The molecule has 2 aromatic rings. The lowest BCUT2D eigenvalue weighted by Gasteiger charge is -2.16. The van der Waals surface area contributed by atoms with Crippen molar-refractivity contribution in [1.82, 2.24) is 4.98 Å². The van der Waals surface area contributed by atoms with Gasteiger partial charge in [0.25, 0.3) is 0 Å². The largest absolute Gasteiger partial charge is 0.496 e. The van der Waals surface area contributed by atoms with E-state index < -0.39 is 0 Å². The highest BCUT2D eigenvalue weighted by Gasteiger charge is 2.21. The van der Waals surface area contributed by atoms with E-state index >= 15 is 0 Å². The minimum atomic E-state index is 0.234. The summed E-state index contributed by atoms with van der Waals surface area (Å²) in [5, 5.41) is 0.495. The van der Waals surface area contributed by atoms with Crippen LogP contribution in [0.5, 0.6) is 11.5 Å². The molecule has 0 aliphatic rings. The number of methoxy groups -OCH3 is 3. The van der Waals surface area contributed by atoms with Gasteiger partial charge in [-0.15, -0.1) is 0 Å². The van der Waals surface area contributed by atoms with E-state index in [1.165, 1.54) is 33.6 Å². The van der Waals surface area contributed by atoms with E-state index in [4.69, 9.17) is 43.1 Å². The van der Waals surface area contributed by atoms with Gasteiger partial charge in [-0.3, -0.25) is 4.79 Å². The molecule has 25 heavy (non-hydrogen) atoms. The fourth-order valence-electron chi connectivity index (χ4n) is 2.20. The lowest BCUT2D eigenvalue weighted by molar-refractivity contribution is 0.112. The van der Waals surface area contributed by atoms with Gasteiger partial charge in [0.1, 0.15) is 23.1 Å². The number of nitrogens with zero attached hydrogens (tertiary/aromatic N) is 1. The zero-order valence-electron chi connectivity index (χ0n) is 13.8. The van der Waals surface area contributed by atoms with Gasteiger partial charge in [-0.05, 0) is 12.1 Å². The predicted octanol–water partition coefficient (Wildman–Crippen LogP) is 3.94. The molecule has 0 spiro atoms. The van der Waals surface area contributed by atoms with Crippen LogP contribution >= 0.6 is 23.2 Å². The lowest BCUT2D eigenvalue weighted by atomic mass is 10.1. The van der Waals surface area contributed by atoms with Crippen molar-refractivity contribution in [2.24, 2.45) is 0 Å². The first-order valence-corrected chi connectivity index (χ1v) is 7.79. The van der Waals surface area contributed by atoms with Gasteiger partial charge in [-0.25, -0.2) is 4.98 Å². The van der Waals surface area contributed by atoms with Crippen molar-refractivity contribution in [2.45, 2.75) is 0 Å². The topological polar surface area (TPSA) is 83.7 Å². The summed E-state index contributed by atoms with van der Waals surface area (Å²) in [6.07, 6.45) is 3.71. The molecule has 0 radical (unpaired) electrons. The number of pyridine rings is 1. The Balaban J connectivity index is 2.72. The van der Waals surface area contributed by atoms with Gasteiger partial charge in [0.05, 0.1) is 36.9 Å². The smallest absolute Gasteiger partial charge is 0.150 e. The van der Waals surface area contributed by atoms with E-state index in [2.05, 4.69) is 4.98 Å². The molecule has 0 saturated carbocycles. The Morgan fingerprint density at radius 2 is 1.68 bits per heavy atom. The number of ether oxygens (including phenoxy) is 3. The number of benzene rings is 1. The summed E-state index contributed by atoms with van der Waals surface area (Å²) in [5.74, 6) is 1.28. The van der Waals surface area contributed by atoms with Crippen LogP contribution in [0.15, 0.2) is 18.3 Å². The number of halogens is 2. The number of nitrogens with two attached hydrogens (primary N) is 1. The highest BCUT2D eigenvalue weighted by atomic mass is 35.5. The molecule has 1 aromatic carbocycles. The second kappa shape index (κ2) is 8.09. The Bertz CT molecular complexity index is 810. The molecular weight excluding hydrogens is 367 g/mol. The average Bonchev–Trinajstić information content (AvgIpc) is 2.62. The fraction of sp³-hybridized carbons (Fsp3) is 0.176. The second-order valence-corrected chi connectivity index (χ2v) is 5.61. The fourth-order valence-corrected chi connectivity index (χ4v) is 2.88. The number of nitrogen functional groups attached to an aromatic ring is 1. The average molecular weight is 383 g/mol. The number of aldehydes is 1. The summed E-state index contributed by atoms with van der Waals surface area (Å²) in [6.45, 7) is 0. The maximum absolute atomic E-state index is 11.3. The van der Waals surface area contributed by atoms with Crippen LogP contribution in [0.4, 0.5) is 5.82 Å². The van der Waals surface area contributed by atoms with Gasteiger partial charge >= 0.3 is 0 Å². The quantitative estimate of drug-likeness (QED) is 0.601. The van der Waals surface area contributed by atoms with Crippen molar-refractivity contribution < 1.29 is 19.0 Å². The van der Waals surface area contributed by atoms with Crippen LogP contribution in [0.25, 0.3) is 11.8 Å². The third-order valence-corrected chi connectivity index (χ3v) is 4.19. The van der Waals surface area contributed by atoms with Crippen molar-refractivity contribution in [3.05, 3.63) is 45.1 Å². The Morgan fingerprint density at radius 3 is 2.16 bits per heavy atom. The van der Waals surface area contributed by atoms with Gasteiger partial charge in [0, 0.05) is 23.4 Å². The summed E-state index contributed by atoms with van der Waals surface area (Å²) in [6, 6.07) is 3.03. The van der Waals surface area contributed by atoms with Gasteiger partial charge in [-0.1, -0.05) is 23.2 Å². The van der Waals surface area contributed by atoms with Crippen LogP contribution < -0.4 is 15.2 Å². The molecule has 0 fully saturated rings. The number of hydrogen-bond donors (Lipinski definition) is 1. The van der Waals surface area contributed by atoms with Crippen LogP contribution in [0.2, 0.25) is 10.0 Å². The summed E-state index contributed by atoms with van der Waals surface area (Å²) < 4.78 is 15.9. The molecule has 8 heteroatoms. The Morgan fingerprint density at radius 1 is 1.08 bits per heavy atom. The molecule has 0 atom stereocenters. The summed E-state index contributed by atoms with van der Waals surface area (Å²) in [5.41, 5.74) is 6.82. The van der Waals surface area contributed by atoms with Crippen LogP contribution in [-0.4, -0.2) is 32.6 Å². The SMILES string of the molecule is CO/C(=C\c1cnc(N)cc1C=O)c1c(Cl)c(OC)cc(OC)c1Cl. The van der Waals surface area contributed by atoms with E-state index in [1.54, 1.807) is 12.1 Å². The summed E-state index contributed by atoms with van der Waals surface area (Å²) in [7, 11) is 4.40. The molecule has 2 rings (SSSR count). The van der Waals surface area contributed by atoms with Crippen LogP contribution in [0.1, 0.15) is 21.5 Å². The van der Waals surface area contributed by atoms with E-state index in [9.17, 15) is 4.79 Å². The molecule has 0 saturated heterocycles. The molecule has 0 amide bonds. The molecule has 0 bridgehead atoms. The number of rotatable bonds is 6. The van der Waals surface area contributed by atoms with Crippen LogP contribution in [0, 0.1) is 0 Å². The number of aromatic nitrogens is 1. The Labute approximate surface area is 155 Å². The first kappa shape index (κ1) is 18.9. The standard InChI is InChI=1S/C17H16Cl2N2O4/c1-23-11(4-9-7-21-14(20)5-10(9)8-22)15-16(18)12(24-2)6-13(25-3)17(15)19/h4-8H,1-3H3,(H2,20,21)/b11-4-. The van der Waals surface area contributed by atoms with Crippen molar-refractivity contribution >= 4 is 47.1 Å². The minimum absolute atomic E-state index is 0.234. The molecule has 6 nitrogen and oxygen atoms in total. The van der Waals surface area contributed by atoms with Gasteiger partial charge in [0.15, 0.2) is 6.29 Å². The molecule has 132 valence electrons. The summed E-state index contributed by atoms with van der Waals surface area (Å²) >= 11 is 12.8. The molecular formula is C17H16Cl2N2O4. The van der Waals surface area contributed by atoms with Crippen molar-refractivity contribution in [2.75, 3.05) is 27.1 Å². The highest BCUT2D eigenvalue weighted by Crippen LogP contribution is 2.44. The normalized spacial score (nSPS) is 11.2. The van der Waals surface area contributed by atoms with Crippen LogP contribution in [-0.2, 0) is 4.74 Å². The molecule has 0 aliphatic carbocycles. The van der Waals surface area contributed by atoms with Gasteiger partial charge in [-0.2, -0.15) is 0 Å². The zero-order valence-corrected chi connectivity index (χ0v) is 15.3. The second-order valence-electron chi connectivity index (χ2n) is 4.85. The highest BCUT2D eigenvalue weighted by molar-refractivity contribution is 6.39. The van der Waals surface area contributed by atoms with Crippen LogP contribution in [0.3, 0.4) is 0 Å². The van der Waals surface area contributed by atoms with E-state index in [-0.39, 0.29) is 15.9 Å². The Kier molecular flexibility index (Phi) is 6.12. The lowest BCUT2D eigenvalue weighted by Crippen LogP contribution is -1.99. The number of carbonyl (C=O) groups excluding carboxylic acids is 1. The molecule has 0 aliphatic heterocycles. The van der Waals surface area contributed by atoms with Crippen molar-refractivity contribution in [1.29, 1.82) is 0 Å². The number of carbonyl (C=O) groups is 1. The van der Waals surface area contributed by atoms with Gasteiger partial charge < -0.3 is 19.9 Å². The van der Waals surface area contributed by atoms with E-state index in [1.807, 2.05) is 0 Å². The molecule has 0 unspecified atom stereocenters. The van der Waals surface area contributed by atoms with E-state index in [0.717, 1.165) is 0 Å². The molecule has 2 N–H and O–H groups in total. The van der Waals surface area contributed by atoms with Crippen molar-refractivity contribution in [3.63, 3.8) is 0 Å².